The summed E-state index contributed by atoms with van der Waals surface area (Å²) in [5.41, 5.74) is 0.446. The third-order valence-corrected chi connectivity index (χ3v) is 4.63. The fraction of sp³-hybridized carbons (Fsp3) is 1.00. The summed E-state index contributed by atoms with van der Waals surface area (Å²) in [5.74, 6) is 1.03. The van der Waals surface area contributed by atoms with Gasteiger partial charge in [0.05, 0.1) is 0 Å². The van der Waals surface area contributed by atoms with Gasteiger partial charge in [0.25, 0.3) is 0 Å². The molecule has 0 aromatic heterocycles. The molecule has 2 heteroatoms. The van der Waals surface area contributed by atoms with Gasteiger partial charge in [-0.05, 0) is 43.4 Å². The molecule has 0 heterocycles. The van der Waals surface area contributed by atoms with Crippen molar-refractivity contribution in [3.05, 3.63) is 0 Å². The molecule has 0 bridgehead atoms. The van der Waals surface area contributed by atoms with Gasteiger partial charge in [0.2, 0.25) is 0 Å². The minimum absolute atomic E-state index is 0.446. The van der Waals surface area contributed by atoms with Crippen LogP contribution in [0.5, 0.6) is 0 Å². The highest BCUT2D eigenvalue weighted by atomic mass is 15.2. The van der Waals surface area contributed by atoms with Gasteiger partial charge in [0.15, 0.2) is 0 Å². The van der Waals surface area contributed by atoms with E-state index in [1.165, 1.54) is 45.2 Å². The summed E-state index contributed by atoms with van der Waals surface area (Å²) in [6.45, 7) is 13.1. The van der Waals surface area contributed by atoms with Crippen LogP contribution in [0.1, 0.15) is 59.8 Å². The van der Waals surface area contributed by atoms with Crippen molar-refractivity contribution in [1.82, 2.24) is 10.2 Å². The van der Waals surface area contributed by atoms with Crippen LogP contribution in [0.3, 0.4) is 0 Å². The van der Waals surface area contributed by atoms with E-state index in [1.807, 2.05) is 0 Å². The molecular weight excluding hydrogens is 220 g/mol. The number of hydrogen-bond donors (Lipinski definition) is 1. The number of rotatable bonds is 9. The van der Waals surface area contributed by atoms with Crippen molar-refractivity contribution in [2.24, 2.45) is 11.3 Å². The van der Waals surface area contributed by atoms with Crippen molar-refractivity contribution in [3.8, 4) is 0 Å². The van der Waals surface area contributed by atoms with E-state index in [4.69, 9.17) is 0 Å². The molecular formula is C16H32N2. The second-order valence-corrected chi connectivity index (χ2v) is 7.30. The van der Waals surface area contributed by atoms with E-state index in [1.54, 1.807) is 0 Å². The minimum atomic E-state index is 0.446. The second kappa shape index (κ2) is 5.92. The molecule has 106 valence electrons. The van der Waals surface area contributed by atoms with Gasteiger partial charge in [-0.25, -0.2) is 0 Å². The Kier molecular flexibility index (Phi) is 4.71. The lowest BCUT2D eigenvalue weighted by molar-refractivity contribution is 0.141. The summed E-state index contributed by atoms with van der Waals surface area (Å²) in [7, 11) is 0. The molecule has 1 atom stereocenters. The van der Waals surface area contributed by atoms with Crippen molar-refractivity contribution < 1.29 is 0 Å². The zero-order chi connectivity index (χ0) is 13.2. The molecule has 2 nitrogen and oxygen atoms in total. The minimum Gasteiger partial charge on any atom is -0.314 e. The van der Waals surface area contributed by atoms with E-state index in [2.05, 4.69) is 37.9 Å². The normalized spacial score (nSPS) is 23.7. The van der Waals surface area contributed by atoms with E-state index in [0.29, 0.717) is 11.5 Å². The maximum atomic E-state index is 3.64. The fourth-order valence-electron chi connectivity index (χ4n) is 2.65. The van der Waals surface area contributed by atoms with E-state index in [9.17, 15) is 0 Å². The SMILES string of the molecule is CCC(C)(CNC(C)C)CN(CC1CC1)C1CC1. The fourth-order valence-corrected chi connectivity index (χ4v) is 2.65. The standard InChI is InChI=1S/C16H32N2/c1-5-16(4,11-17-13(2)3)12-18(15-8-9-15)10-14-6-7-14/h13-15,17H,5-12H2,1-4H3. The number of nitrogens with zero attached hydrogens (tertiary/aromatic N) is 1. The highest BCUT2D eigenvalue weighted by Crippen LogP contribution is 2.37. The molecule has 0 aromatic rings. The van der Waals surface area contributed by atoms with E-state index < -0.39 is 0 Å². The van der Waals surface area contributed by atoms with Crippen molar-refractivity contribution in [2.45, 2.75) is 71.9 Å². The van der Waals surface area contributed by atoms with Crippen molar-refractivity contribution in [3.63, 3.8) is 0 Å². The van der Waals surface area contributed by atoms with Crippen molar-refractivity contribution >= 4 is 0 Å². The van der Waals surface area contributed by atoms with Crippen LogP contribution in [0.2, 0.25) is 0 Å². The van der Waals surface area contributed by atoms with E-state index in [0.717, 1.165) is 18.5 Å². The largest absolute Gasteiger partial charge is 0.314 e. The second-order valence-electron chi connectivity index (χ2n) is 7.30. The van der Waals surface area contributed by atoms with Crippen LogP contribution in [0.4, 0.5) is 0 Å². The lowest BCUT2D eigenvalue weighted by Crippen LogP contribution is -2.45. The molecule has 2 rings (SSSR count). The molecule has 0 spiro atoms. The summed E-state index contributed by atoms with van der Waals surface area (Å²) in [6, 6.07) is 1.53. The molecule has 1 unspecified atom stereocenters. The van der Waals surface area contributed by atoms with Gasteiger partial charge in [-0.1, -0.05) is 27.7 Å². The first-order chi connectivity index (χ1) is 8.52. The monoisotopic (exact) mass is 252 g/mol. The first kappa shape index (κ1) is 14.3. The Morgan fingerprint density at radius 1 is 1.22 bits per heavy atom. The molecule has 2 fully saturated rings. The lowest BCUT2D eigenvalue weighted by atomic mass is 9.86. The van der Waals surface area contributed by atoms with Crippen molar-refractivity contribution in [2.75, 3.05) is 19.6 Å². The molecule has 0 aliphatic heterocycles. The summed E-state index contributed by atoms with van der Waals surface area (Å²) in [6.07, 6.45) is 7.14. The molecule has 0 aromatic carbocycles. The molecule has 0 saturated heterocycles. The maximum Gasteiger partial charge on any atom is 0.00967 e. The summed E-state index contributed by atoms with van der Waals surface area (Å²) < 4.78 is 0. The Morgan fingerprint density at radius 3 is 2.33 bits per heavy atom. The average Bonchev–Trinajstić information content (AvgIpc) is 3.16. The van der Waals surface area contributed by atoms with Gasteiger partial charge < -0.3 is 5.32 Å². The van der Waals surface area contributed by atoms with Crippen LogP contribution >= 0.6 is 0 Å². The topological polar surface area (TPSA) is 15.3 Å². The first-order valence-corrected chi connectivity index (χ1v) is 8.00. The zero-order valence-electron chi connectivity index (χ0n) is 12.8. The highest BCUT2D eigenvalue weighted by Gasteiger charge is 2.37. The van der Waals surface area contributed by atoms with Crippen LogP contribution in [0, 0.1) is 11.3 Å². The van der Waals surface area contributed by atoms with Gasteiger partial charge >= 0.3 is 0 Å². The van der Waals surface area contributed by atoms with Crippen LogP contribution in [0.25, 0.3) is 0 Å². The molecule has 0 radical (unpaired) electrons. The molecule has 2 saturated carbocycles. The lowest BCUT2D eigenvalue weighted by Gasteiger charge is -2.36. The van der Waals surface area contributed by atoms with Gasteiger partial charge in [-0.2, -0.15) is 0 Å². The summed E-state index contributed by atoms with van der Waals surface area (Å²) >= 11 is 0. The molecule has 18 heavy (non-hydrogen) atoms. The average molecular weight is 252 g/mol. The third-order valence-electron chi connectivity index (χ3n) is 4.63. The number of hydrogen-bond acceptors (Lipinski definition) is 2. The van der Waals surface area contributed by atoms with Crippen LogP contribution in [-0.2, 0) is 0 Å². The van der Waals surface area contributed by atoms with Crippen LogP contribution < -0.4 is 5.32 Å². The third kappa shape index (κ3) is 4.55. The van der Waals surface area contributed by atoms with Crippen molar-refractivity contribution in [1.29, 1.82) is 0 Å². The van der Waals surface area contributed by atoms with Gasteiger partial charge in [0, 0.05) is 31.7 Å². The van der Waals surface area contributed by atoms with Gasteiger partial charge in [-0.3, -0.25) is 4.90 Å². The summed E-state index contributed by atoms with van der Waals surface area (Å²) in [4.78, 5) is 2.81. The van der Waals surface area contributed by atoms with E-state index >= 15 is 0 Å². The maximum absolute atomic E-state index is 3.64. The van der Waals surface area contributed by atoms with Crippen LogP contribution in [-0.4, -0.2) is 36.6 Å². The van der Waals surface area contributed by atoms with E-state index in [-0.39, 0.29) is 0 Å². The van der Waals surface area contributed by atoms with Crippen LogP contribution in [0.15, 0.2) is 0 Å². The van der Waals surface area contributed by atoms with Gasteiger partial charge in [0.1, 0.15) is 0 Å². The summed E-state index contributed by atoms with van der Waals surface area (Å²) in [5, 5.41) is 3.64. The zero-order valence-corrected chi connectivity index (χ0v) is 12.8. The molecule has 0 amide bonds. The Morgan fingerprint density at radius 2 is 1.89 bits per heavy atom. The predicted molar refractivity (Wildman–Crippen MR) is 78.9 cm³/mol. The predicted octanol–water partition coefficient (Wildman–Crippen LogP) is 3.28. The molecule has 2 aliphatic carbocycles. The highest BCUT2D eigenvalue weighted by molar-refractivity contribution is 4.92. The van der Waals surface area contributed by atoms with Gasteiger partial charge in [-0.15, -0.1) is 0 Å². The Hall–Kier alpha value is -0.0800. The molecule has 1 N–H and O–H groups in total. The quantitative estimate of drug-likeness (QED) is 0.677. The number of nitrogens with one attached hydrogen (secondary N) is 1. The Balaban J connectivity index is 1.84. The Labute approximate surface area is 114 Å². The first-order valence-electron chi connectivity index (χ1n) is 8.00. The Bertz CT molecular complexity index is 256. The smallest absolute Gasteiger partial charge is 0.00967 e. The molecule has 2 aliphatic rings.